The quantitative estimate of drug-likeness (QED) is 0.299. The van der Waals surface area contributed by atoms with Crippen LogP contribution < -0.4 is 5.73 Å². The third-order valence-electron chi connectivity index (χ3n) is 7.30. The second-order valence-electron chi connectivity index (χ2n) is 9.42. The Kier molecular flexibility index (Phi) is 6.99. The first-order valence-electron chi connectivity index (χ1n) is 12.4. The van der Waals surface area contributed by atoms with Crippen molar-refractivity contribution < 1.29 is 19.0 Å². The van der Waals surface area contributed by atoms with Gasteiger partial charge in [-0.2, -0.15) is 0 Å². The Morgan fingerprint density at radius 3 is 2.51 bits per heavy atom. The standard InChI is InChI=1S/C26H28FN3O3.C2H6/c1-15-10-18(27)2-3-22(15)30-23-11-17(14-28)21(29)12-19(23)20(13-26(6-7-26)25(31)32)24(30)16-4-8-33-9-5-16;1-2/h2-3,10-12,14,16,28H,4-9,13,29H2,1H3,(H,31,32);1-2H3. The van der Waals surface area contributed by atoms with E-state index < -0.39 is 11.4 Å². The molecule has 6 nitrogen and oxygen atoms in total. The number of carboxylic acid groups (broad SMARTS) is 1. The van der Waals surface area contributed by atoms with Crippen LogP contribution in [0.2, 0.25) is 0 Å². The lowest BCUT2D eigenvalue weighted by Gasteiger charge is -2.27. The number of ether oxygens (including phenoxy) is 1. The number of hydrogen-bond donors (Lipinski definition) is 3. The van der Waals surface area contributed by atoms with E-state index in [0.717, 1.165) is 46.3 Å². The fourth-order valence-corrected chi connectivity index (χ4v) is 5.25. The van der Waals surface area contributed by atoms with E-state index in [0.29, 0.717) is 43.7 Å². The monoisotopic (exact) mass is 479 g/mol. The van der Waals surface area contributed by atoms with E-state index >= 15 is 0 Å². The molecule has 1 aliphatic heterocycles. The Bertz CT molecular complexity index is 1270. The first kappa shape index (κ1) is 24.9. The Labute approximate surface area is 205 Å². The summed E-state index contributed by atoms with van der Waals surface area (Å²) >= 11 is 0. The molecular formula is C28H34FN3O3. The fourth-order valence-electron chi connectivity index (χ4n) is 5.25. The van der Waals surface area contributed by atoms with Crippen LogP contribution in [0.4, 0.5) is 10.1 Å². The molecule has 0 atom stereocenters. The number of nitrogens with one attached hydrogen (secondary N) is 1. The van der Waals surface area contributed by atoms with Gasteiger partial charge in [0, 0.05) is 53.4 Å². The molecule has 3 aromatic rings. The van der Waals surface area contributed by atoms with Gasteiger partial charge in [0.2, 0.25) is 0 Å². The topological polar surface area (TPSA) is 101 Å². The van der Waals surface area contributed by atoms with Crippen molar-refractivity contribution in [2.75, 3.05) is 18.9 Å². The number of aromatic nitrogens is 1. The highest BCUT2D eigenvalue weighted by atomic mass is 19.1. The van der Waals surface area contributed by atoms with Crippen LogP contribution in [0.15, 0.2) is 30.3 Å². The van der Waals surface area contributed by atoms with E-state index in [4.69, 9.17) is 15.9 Å². The first-order valence-corrected chi connectivity index (χ1v) is 12.4. The van der Waals surface area contributed by atoms with E-state index in [1.165, 1.54) is 18.3 Å². The molecule has 0 bridgehead atoms. The van der Waals surface area contributed by atoms with Gasteiger partial charge in [-0.3, -0.25) is 4.79 Å². The number of anilines is 1. The predicted molar refractivity (Wildman–Crippen MR) is 137 cm³/mol. The zero-order valence-corrected chi connectivity index (χ0v) is 20.7. The van der Waals surface area contributed by atoms with Gasteiger partial charge in [-0.05, 0) is 80.5 Å². The van der Waals surface area contributed by atoms with Crippen molar-refractivity contribution in [1.82, 2.24) is 4.57 Å². The Balaban J connectivity index is 0.00000141. The van der Waals surface area contributed by atoms with Gasteiger partial charge in [0.1, 0.15) is 5.82 Å². The lowest BCUT2D eigenvalue weighted by Crippen LogP contribution is -2.22. The zero-order chi connectivity index (χ0) is 25.3. The predicted octanol–water partition coefficient (Wildman–Crippen LogP) is 5.99. The number of carboxylic acids is 1. The van der Waals surface area contributed by atoms with E-state index in [2.05, 4.69) is 4.57 Å². The Hall–Kier alpha value is -3.19. The van der Waals surface area contributed by atoms with Gasteiger partial charge in [-0.25, -0.2) is 4.39 Å². The van der Waals surface area contributed by atoms with Gasteiger partial charge in [0.05, 0.1) is 10.9 Å². The minimum absolute atomic E-state index is 0.180. The van der Waals surface area contributed by atoms with Gasteiger partial charge in [-0.1, -0.05) is 13.8 Å². The first-order chi connectivity index (χ1) is 16.8. The number of aliphatic carboxylic acids is 1. The Morgan fingerprint density at radius 2 is 1.94 bits per heavy atom. The van der Waals surface area contributed by atoms with Crippen LogP contribution in [-0.2, 0) is 16.0 Å². The number of rotatable bonds is 6. The molecule has 7 heteroatoms. The number of hydrogen-bond acceptors (Lipinski definition) is 4. The maximum Gasteiger partial charge on any atom is 0.309 e. The smallest absolute Gasteiger partial charge is 0.309 e. The number of nitrogens with two attached hydrogens (primary N) is 1. The fraction of sp³-hybridized carbons (Fsp3) is 0.429. The van der Waals surface area contributed by atoms with Crippen molar-refractivity contribution in [3.8, 4) is 5.69 Å². The molecule has 186 valence electrons. The highest BCUT2D eigenvalue weighted by Crippen LogP contribution is 2.52. The summed E-state index contributed by atoms with van der Waals surface area (Å²) in [6.45, 7) is 7.17. The molecule has 2 heterocycles. The number of nitrogens with zero attached hydrogens (tertiary/aromatic N) is 1. The van der Waals surface area contributed by atoms with Crippen molar-refractivity contribution in [3.63, 3.8) is 0 Å². The second-order valence-corrected chi connectivity index (χ2v) is 9.42. The van der Waals surface area contributed by atoms with Crippen LogP contribution in [0.5, 0.6) is 0 Å². The van der Waals surface area contributed by atoms with Gasteiger partial charge in [0.25, 0.3) is 0 Å². The van der Waals surface area contributed by atoms with E-state index in [-0.39, 0.29) is 11.7 Å². The normalized spacial score (nSPS) is 17.0. The summed E-state index contributed by atoms with van der Waals surface area (Å²) in [5.41, 5.74) is 11.2. The average Bonchev–Trinajstić information content (AvgIpc) is 3.59. The summed E-state index contributed by atoms with van der Waals surface area (Å²) in [5, 5.41) is 18.7. The van der Waals surface area contributed by atoms with E-state index in [1.54, 1.807) is 6.07 Å². The highest BCUT2D eigenvalue weighted by Gasteiger charge is 2.51. The molecule has 35 heavy (non-hydrogen) atoms. The minimum Gasteiger partial charge on any atom is -0.481 e. The number of nitrogen functional groups attached to an aromatic ring is 1. The van der Waals surface area contributed by atoms with Crippen LogP contribution in [0.25, 0.3) is 16.6 Å². The number of aryl methyl sites for hydroxylation is 1. The van der Waals surface area contributed by atoms with Crippen LogP contribution in [0, 0.1) is 23.6 Å². The summed E-state index contributed by atoms with van der Waals surface area (Å²) < 4.78 is 21.8. The Morgan fingerprint density at radius 1 is 1.26 bits per heavy atom. The van der Waals surface area contributed by atoms with Gasteiger partial charge in [0.15, 0.2) is 0 Å². The number of fused-ring (bicyclic) bond motifs is 1. The third-order valence-corrected chi connectivity index (χ3v) is 7.30. The second kappa shape index (κ2) is 9.82. The maximum absolute atomic E-state index is 14.0. The highest BCUT2D eigenvalue weighted by molar-refractivity contribution is 5.98. The summed E-state index contributed by atoms with van der Waals surface area (Å²) in [7, 11) is 0. The zero-order valence-electron chi connectivity index (χ0n) is 20.7. The molecule has 5 rings (SSSR count). The molecule has 1 saturated carbocycles. The van der Waals surface area contributed by atoms with Crippen molar-refractivity contribution in [3.05, 3.63) is 58.5 Å². The molecule has 4 N–H and O–H groups in total. The number of carbonyl (C=O) groups is 1. The van der Waals surface area contributed by atoms with E-state index in [1.807, 2.05) is 32.9 Å². The number of halogens is 1. The third kappa shape index (κ3) is 4.45. The molecular weight excluding hydrogens is 445 g/mol. The van der Waals surface area contributed by atoms with E-state index in [9.17, 15) is 14.3 Å². The van der Waals surface area contributed by atoms with Crippen LogP contribution >= 0.6 is 0 Å². The van der Waals surface area contributed by atoms with Crippen molar-refractivity contribution >= 4 is 28.8 Å². The van der Waals surface area contributed by atoms with Crippen LogP contribution in [0.1, 0.15) is 67.8 Å². The average molecular weight is 480 g/mol. The summed E-state index contributed by atoms with van der Waals surface area (Å²) in [6.07, 6.45) is 4.64. The van der Waals surface area contributed by atoms with Gasteiger partial charge in [-0.15, -0.1) is 0 Å². The lowest BCUT2D eigenvalue weighted by atomic mass is 9.87. The molecule has 2 aliphatic rings. The largest absolute Gasteiger partial charge is 0.481 e. The molecule has 2 fully saturated rings. The van der Waals surface area contributed by atoms with Gasteiger partial charge < -0.3 is 25.6 Å². The molecule has 0 amide bonds. The molecule has 0 spiro atoms. The lowest BCUT2D eigenvalue weighted by molar-refractivity contribution is -0.143. The molecule has 1 aliphatic carbocycles. The maximum atomic E-state index is 14.0. The molecule has 0 radical (unpaired) electrons. The number of benzene rings is 2. The summed E-state index contributed by atoms with van der Waals surface area (Å²) in [4.78, 5) is 12.1. The van der Waals surface area contributed by atoms with Crippen molar-refractivity contribution in [2.24, 2.45) is 5.41 Å². The molecule has 1 saturated heterocycles. The summed E-state index contributed by atoms with van der Waals surface area (Å²) in [5.74, 6) is -0.879. The van der Waals surface area contributed by atoms with Crippen molar-refractivity contribution in [2.45, 2.75) is 58.8 Å². The molecule has 2 aromatic carbocycles. The van der Waals surface area contributed by atoms with Crippen LogP contribution in [0.3, 0.4) is 0 Å². The van der Waals surface area contributed by atoms with Crippen LogP contribution in [-0.4, -0.2) is 35.1 Å². The minimum atomic E-state index is -0.761. The molecule has 1 aromatic heterocycles. The van der Waals surface area contributed by atoms with Crippen molar-refractivity contribution in [1.29, 1.82) is 5.41 Å². The SMILES string of the molecule is CC.Cc1cc(F)ccc1-n1c(C2CCOCC2)c(CC2(C(=O)O)CC2)c2cc(N)c(C=N)cc21. The summed E-state index contributed by atoms with van der Waals surface area (Å²) in [6, 6.07) is 8.52. The molecule has 0 unspecified atom stereocenters. The van der Waals surface area contributed by atoms with Gasteiger partial charge >= 0.3 is 5.97 Å².